The maximum absolute atomic E-state index is 4.77. The van der Waals surface area contributed by atoms with Crippen LogP contribution in [0.3, 0.4) is 0 Å². The van der Waals surface area contributed by atoms with Crippen LogP contribution in [0.5, 0.6) is 0 Å². The smallest absolute Gasteiger partial charge is 0.134 e. The average Bonchev–Trinajstić information content (AvgIpc) is 3.13. The standard InChI is InChI=1S/C13H14BrN3S/c1-7-11(9-5-18-6-10(9)14)16-13(8-3-4-8)17-12(7)15-2/h5-6,8H,3-4H2,1-2H3,(H,15,16,17). The molecule has 0 bridgehead atoms. The van der Waals surface area contributed by atoms with Gasteiger partial charge in [0.25, 0.3) is 0 Å². The van der Waals surface area contributed by atoms with Gasteiger partial charge >= 0.3 is 0 Å². The molecule has 3 rings (SSSR count). The van der Waals surface area contributed by atoms with Crippen LogP contribution in [0.4, 0.5) is 5.82 Å². The number of nitrogens with zero attached hydrogens (tertiary/aromatic N) is 2. The lowest BCUT2D eigenvalue weighted by Gasteiger charge is -2.11. The van der Waals surface area contributed by atoms with E-state index >= 15 is 0 Å². The summed E-state index contributed by atoms with van der Waals surface area (Å²) in [5.41, 5.74) is 3.32. The van der Waals surface area contributed by atoms with Gasteiger partial charge in [0.15, 0.2) is 0 Å². The highest BCUT2D eigenvalue weighted by Gasteiger charge is 2.28. The molecule has 2 aromatic rings. The first kappa shape index (κ1) is 12.1. The molecular formula is C13H14BrN3S. The number of halogens is 1. The van der Waals surface area contributed by atoms with Gasteiger partial charge in [0.1, 0.15) is 11.6 Å². The number of thiophene rings is 1. The molecule has 0 unspecified atom stereocenters. The number of anilines is 1. The zero-order valence-electron chi connectivity index (χ0n) is 10.3. The van der Waals surface area contributed by atoms with Crippen molar-refractivity contribution in [1.29, 1.82) is 0 Å². The molecule has 5 heteroatoms. The minimum absolute atomic E-state index is 0.564. The van der Waals surface area contributed by atoms with Crippen molar-refractivity contribution in [1.82, 2.24) is 9.97 Å². The van der Waals surface area contributed by atoms with E-state index < -0.39 is 0 Å². The highest BCUT2D eigenvalue weighted by molar-refractivity contribution is 9.10. The van der Waals surface area contributed by atoms with Gasteiger partial charge in [0, 0.05) is 39.3 Å². The molecule has 0 aliphatic heterocycles. The van der Waals surface area contributed by atoms with Crippen LogP contribution in [0.25, 0.3) is 11.3 Å². The fourth-order valence-electron chi connectivity index (χ4n) is 2.01. The van der Waals surface area contributed by atoms with Gasteiger partial charge < -0.3 is 5.32 Å². The van der Waals surface area contributed by atoms with Crippen LogP contribution < -0.4 is 5.32 Å². The van der Waals surface area contributed by atoms with Gasteiger partial charge in [-0.3, -0.25) is 0 Å². The summed E-state index contributed by atoms with van der Waals surface area (Å²) in [6, 6.07) is 0. The van der Waals surface area contributed by atoms with E-state index in [1.165, 1.54) is 18.4 Å². The first-order chi connectivity index (χ1) is 8.70. The molecule has 0 aromatic carbocycles. The largest absolute Gasteiger partial charge is 0.373 e. The van der Waals surface area contributed by atoms with Gasteiger partial charge in [-0.15, -0.1) is 0 Å². The molecule has 94 valence electrons. The Labute approximate surface area is 119 Å². The SMILES string of the molecule is CNc1nc(C2CC2)nc(-c2cscc2Br)c1C. The van der Waals surface area contributed by atoms with Gasteiger partial charge in [0.05, 0.1) is 5.69 Å². The Morgan fingerprint density at radius 1 is 1.33 bits per heavy atom. The Balaban J connectivity index is 2.18. The molecule has 0 amide bonds. The first-order valence-corrected chi connectivity index (χ1v) is 7.72. The second kappa shape index (κ2) is 4.63. The number of hydrogen-bond donors (Lipinski definition) is 1. The molecule has 0 atom stereocenters. The van der Waals surface area contributed by atoms with Crippen LogP contribution in [0.15, 0.2) is 15.2 Å². The average molecular weight is 324 g/mol. The molecule has 2 heterocycles. The van der Waals surface area contributed by atoms with E-state index in [-0.39, 0.29) is 0 Å². The normalized spacial score (nSPS) is 14.8. The molecule has 1 saturated carbocycles. The van der Waals surface area contributed by atoms with Crippen molar-refractivity contribution in [2.24, 2.45) is 0 Å². The number of nitrogens with one attached hydrogen (secondary N) is 1. The van der Waals surface area contributed by atoms with Crippen LogP contribution in [0, 0.1) is 6.92 Å². The summed E-state index contributed by atoms with van der Waals surface area (Å²) >= 11 is 5.28. The summed E-state index contributed by atoms with van der Waals surface area (Å²) in [5, 5.41) is 7.40. The highest BCUT2D eigenvalue weighted by Crippen LogP contribution is 2.41. The summed E-state index contributed by atoms with van der Waals surface area (Å²) in [6.45, 7) is 2.07. The minimum Gasteiger partial charge on any atom is -0.373 e. The van der Waals surface area contributed by atoms with E-state index in [4.69, 9.17) is 4.98 Å². The summed E-state index contributed by atoms with van der Waals surface area (Å²) < 4.78 is 1.11. The molecule has 0 radical (unpaired) electrons. The molecule has 0 spiro atoms. The van der Waals surface area contributed by atoms with Crippen molar-refractivity contribution < 1.29 is 0 Å². The van der Waals surface area contributed by atoms with E-state index in [2.05, 4.69) is 43.9 Å². The second-order valence-corrected chi connectivity index (χ2v) is 6.16. The lowest BCUT2D eigenvalue weighted by atomic mass is 10.1. The maximum atomic E-state index is 4.77. The molecule has 0 saturated heterocycles. The van der Waals surface area contributed by atoms with Crippen LogP contribution in [-0.4, -0.2) is 17.0 Å². The molecule has 2 aromatic heterocycles. The molecule has 1 aliphatic carbocycles. The summed E-state index contributed by atoms with van der Waals surface area (Å²) in [5.74, 6) is 2.49. The van der Waals surface area contributed by atoms with Gasteiger partial charge in [0.2, 0.25) is 0 Å². The number of hydrogen-bond acceptors (Lipinski definition) is 4. The van der Waals surface area contributed by atoms with Gasteiger partial charge in [-0.1, -0.05) is 0 Å². The van der Waals surface area contributed by atoms with Crippen molar-refractivity contribution in [2.75, 3.05) is 12.4 Å². The number of rotatable bonds is 3. The zero-order valence-corrected chi connectivity index (χ0v) is 12.7. The summed E-state index contributed by atoms with van der Waals surface area (Å²) in [4.78, 5) is 9.39. The zero-order chi connectivity index (χ0) is 12.7. The third-order valence-corrected chi connectivity index (χ3v) is 4.91. The first-order valence-electron chi connectivity index (χ1n) is 5.99. The van der Waals surface area contributed by atoms with Crippen molar-refractivity contribution in [3.05, 3.63) is 26.6 Å². The third-order valence-electron chi connectivity index (χ3n) is 3.21. The van der Waals surface area contributed by atoms with Crippen molar-refractivity contribution in [2.45, 2.75) is 25.7 Å². The monoisotopic (exact) mass is 323 g/mol. The summed E-state index contributed by atoms with van der Waals surface area (Å²) in [6.07, 6.45) is 2.44. The quantitative estimate of drug-likeness (QED) is 0.920. The molecule has 1 N–H and O–H groups in total. The lowest BCUT2D eigenvalue weighted by Crippen LogP contribution is -2.04. The van der Waals surface area contributed by atoms with Crippen LogP contribution in [0.2, 0.25) is 0 Å². The predicted molar refractivity (Wildman–Crippen MR) is 79.3 cm³/mol. The third kappa shape index (κ3) is 2.06. The van der Waals surface area contributed by atoms with Crippen LogP contribution in [-0.2, 0) is 0 Å². The van der Waals surface area contributed by atoms with Crippen LogP contribution in [0.1, 0.15) is 30.1 Å². The second-order valence-electron chi connectivity index (χ2n) is 4.56. The predicted octanol–water partition coefficient (Wildman–Crippen LogP) is 4.20. The maximum Gasteiger partial charge on any atom is 0.134 e. The van der Waals surface area contributed by atoms with E-state index in [1.54, 1.807) is 11.3 Å². The molecule has 1 fully saturated rings. The van der Waals surface area contributed by atoms with E-state index in [0.717, 1.165) is 27.4 Å². The van der Waals surface area contributed by atoms with E-state index in [1.807, 2.05) is 7.05 Å². The summed E-state index contributed by atoms with van der Waals surface area (Å²) in [7, 11) is 1.92. The minimum atomic E-state index is 0.564. The van der Waals surface area contributed by atoms with Crippen molar-refractivity contribution >= 4 is 33.1 Å². The number of aromatic nitrogens is 2. The van der Waals surface area contributed by atoms with E-state index in [0.29, 0.717) is 5.92 Å². The Hall–Kier alpha value is -0.940. The van der Waals surface area contributed by atoms with Gasteiger partial charge in [-0.05, 0) is 35.7 Å². The van der Waals surface area contributed by atoms with Crippen molar-refractivity contribution in [3.63, 3.8) is 0 Å². The van der Waals surface area contributed by atoms with Gasteiger partial charge in [-0.2, -0.15) is 11.3 Å². The molecule has 18 heavy (non-hydrogen) atoms. The fourth-order valence-corrected chi connectivity index (χ4v) is 3.48. The Kier molecular flexibility index (Phi) is 3.11. The topological polar surface area (TPSA) is 37.8 Å². The Bertz CT molecular complexity index is 590. The van der Waals surface area contributed by atoms with Crippen LogP contribution >= 0.6 is 27.3 Å². The van der Waals surface area contributed by atoms with E-state index in [9.17, 15) is 0 Å². The Morgan fingerprint density at radius 2 is 2.11 bits per heavy atom. The Morgan fingerprint density at radius 3 is 2.67 bits per heavy atom. The highest BCUT2D eigenvalue weighted by atomic mass is 79.9. The van der Waals surface area contributed by atoms with Crippen molar-refractivity contribution in [3.8, 4) is 11.3 Å². The molecular weight excluding hydrogens is 310 g/mol. The molecule has 3 nitrogen and oxygen atoms in total. The van der Waals surface area contributed by atoms with Gasteiger partial charge in [-0.25, -0.2) is 9.97 Å². The lowest BCUT2D eigenvalue weighted by molar-refractivity contribution is 0.924. The molecule has 1 aliphatic rings. The fraction of sp³-hybridized carbons (Fsp3) is 0.385.